The molecular formula is C6H7N2NaO3. The van der Waals surface area contributed by atoms with E-state index in [0.717, 1.165) is 6.07 Å². The second-order valence-corrected chi connectivity index (χ2v) is 1.72. The molecule has 0 aromatic heterocycles. The van der Waals surface area contributed by atoms with Gasteiger partial charge in [-0.15, -0.1) is 0 Å². The van der Waals surface area contributed by atoms with Gasteiger partial charge in [0.2, 0.25) is 0 Å². The predicted molar refractivity (Wildman–Crippen MR) is 37.6 cm³/mol. The number of nitro benzene ring substituents is 1. The number of nitrogens with zero attached hydrogens (tertiary/aromatic N) is 1. The standard InChI is InChI=1S/C6H5NO3.H3N.Na/c8-6-4-2-1-3-5(6)7(9)10;;/h1-4,8H;1H3;/q;;+1/p-1. The smallest absolute Gasteiger partial charge is 0.868 e. The molecule has 1 aromatic rings. The Hall–Kier alpha value is -0.620. The average Bonchev–Trinajstić information content (AvgIpc) is 1.88. The summed E-state index contributed by atoms with van der Waals surface area (Å²) in [5.74, 6) is -0.549. The SMILES string of the molecule is N.O=[N+]([O-])c1ccccc1[O-].[Na+]. The molecule has 1 aromatic carbocycles. The third kappa shape index (κ3) is 3.19. The minimum atomic E-state index is -0.692. The van der Waals surface area contributed by atoms with Crippen molar-refractivity contribution in [2.45, 2.75) is 0 Å². The van der Waals surface area contributed by atoms with Gasteiger partial charge in [0.15, 0.2) is 0 Å². The molecule has 0 atom stereocenters. The maximum atomic E-state index is 10.6. The van der Waals surface area contributed by atoms with E-state index in [4.69, 9.17) is 0 Å². The third-order valence-electron chi connectivity index (χ3n) is 1.06. The zero-order chi connectivity index (χ0) is 7.56. The molecular weight excluding hydrogens is 171 g/mol. The van der Waals surface area contributed by atoms with E-state index in [2.05, 4.69) is 0 Å². The van der Waals surface area contributed by atoms with Gasteiger partial charge < -0.3 is 11.3 Å². The fraction of sp³-hybridized carbons (Fsp3) is 0. The zero-order valence-electron chi connectivity index (χ0n) is 6.69. The molecule has 0 amide bonds. The summed E-state index contributed by atoms with van der Waals surface area (Å²) in [7, 11) is 0. The van der Waals surface area contributed by atoms with Crippen molar-refractivity contribution >= 4 is 5.69 Å². The summed E-state index contributed by atoms with van der Waals surface area (Å²) in [6, 6.07) is 5.27. The molecule has 6 heteroatoms. The van der Waals surface area contributed by atoms with E-state index in [0.29, 0.717) is 0 Å². The fourth-order valence-corrected chi connectivity index (χ4v) is 0.608. The van der Waals surface area contributed by atoms with Crippen LogP contribution in [0, 0.1) is 10.1 Å². The Labute approximate surface area is 91.4 Å². The molecule has 3 N–H and O–H groups in total. The van der Waals surface area contributed by atoms with Crippen LogP contribution in [0.25, 0.3) is 0 Å². The summed E-state index contributed by atoms with van der Waals surface area (Å²) in [5, 5.41) is 20.6. The van der Waals surface area contributed by atoms with Crippen LogP contribution in [0.3, 0.4) is 0 Å². The van der Waals surface area contributed by atoms with E-state index in [1.807, 2.05) is 0 Å². The topological polar surface area (TPSA) is 101 Å². The summed E-state index contributed by atoms with van der Waals surface area (Å²) in [4.78, 5) is 9.34. The Balaban J connectivity index is 0. The van der Waals surface area contributed by atoms with Crippen LogP contribution < -0.4 is 40.8 Å². The van der Waals surface area contributed by atoms with Crippen molar-refractivity contribution in [2.75, 3.05) is 0 Å². The summed E-state index contributed by atoms with van der Waals surface area (Å²) < 4.78 is 0. The van der Waals surface area contributed by atoms with E-state index in [1.54, 1.807) is 0 Å². The van der Waals surface area contributed by atoms with Crippen LogP contribution >= 0.6 is 0 Å². The largest absolute Gasteiger partial charge is 1.00 e. The number of nitro groups is 1. The van der Waals surface area contributed by atoms with Gasteiger partial charge in [-0.3, -0.25) is 10.1 Å². The molecule has 0 aliphatic rings. The first-order chi connectivity index (χ1) is 4.72. The number of rotatable bonds is 1. The summed E-state index contributed by atoms with van der Waals surface area (Å²) in [5.41, 5.74) is -0.373. The summed E-state index contributed by atoms with van der Waals surface area (Å²) >= 11 is 0. The monoisotopic (exact) mass is 178 g/mol. The van der Waals surface area contributed by atoms with E-state index < -0.39 is 10.7 Å². The van der Waals surface area contributed by atoms with Crippen LogP contribution in [0.5, 0.6) is 5.75 Å². The van der Waals surface area contributed by atoms with Gasteiger partial charge >= 0.3 is 29.6 Å². The molecule has 1 rings (SSSR count). The van der Waals surface area contributed by atoms with E-state index in [-0.39, 0.29) is 41.4 Å². The van der Waals surface area contributed by atoms with Crippen LogP contribution in [-0.4, -0.2) is 4.92 Å². The average molecular weight is 178 g/mol. The van der Waals surface area contributed by atoms with E-state index >= 15 is 0 Å². The van der Waals surface area contributed by atoms with Gasteiger partial charge in [0.05, 0.1) is 4.92 Å². The van der Waals surface area contributed by atoms with Crippen LogP contribution in [0.4, 0.5) is 5.69 Å². The maximum absolute atomic E-state index is 10.6. The Morgan fingerprint density at radius 1 is 1.25 bits per heavy atom. The molecule has 60 valence electrons. The molecule has 0 radical (unpaired) electrons. The minimum absolute atomic E-state index is 0. The van der Waals surface area contributed by atoms with Crippen LogP contribution in [0.2, 0.25) is 0 Å². The predicted octanol–water partition coefficient (Wildman–Crippen LogP) is -2.17. The Morgan fingerprint density at radius 3 is 2.08 bits per heavy atom. The Bertz CT molecular complexity index is 267. The van der Waals surface area contributed by atoms with Crippen molar-refractivity contribution in [3.8, 4) is 5.75 Å². The van der Waals surface area contributed by atoms with Crippen molar-refractivity contribution in [2.24, 2.45) is 0 Å². The van der Waals surface area contributed by atoms with Gasteiger partial charge in [-0.2, -0.15) is 0 Å². The molecule has 0 unspecified atom stereocenters. The second-order valence-electron chi connectivity index (χ2n) is 1.72. The van der Waals surface area contributed by atoms with Gasteiger partial charge in [0.25, 0.3) is 5.69 Å². The fourth-order valence-electron chi connectivity index (χ4n) is 0.608. The second kappa shape index (κ2) is 5.96. The molecule has 5 nitrogen and oxygen atoms in total. The van der Waals surface area contributed by atoms with E-state index in [1.165, 1.54) is 18.2 Å². The maximum Gasteiger partial charge on any atom is 1.00 e. The molecule has 0 bridgehead atoms. The van der Waals surface area contributed by atoms with E-state index in [9.17, 15) is 15.2 Å². The number of hydrogen-bond donors (Lipinski definition) is 1. The molecule has 0 saturated heterocycles. The molecule has 0 aliphatic carbocycles. The van der Waals surface area contributed by atoms with Crippen LogP contribution in [-0.2, 0) is 0 Å². The first-order valence-electron chi connectivity index (χ1n) is 2.62. The molecule has 0 spiro atoms. The Kier molecular flexibility index (Phi) is 6.92. The Morgan fingerprint density at radius 2 is 1.75 bits per heavy atom. The molecule has 0 aliphatic heterocycles. The quantitative estimate of drug-likeness (QED) is 0.300. The van der Waals surface area contributed by atoms with Crippen LogP contribution in [0.1, 0.15) is 0 Å². The molecule has 0 heterocycles. The van der Waals surface area contributed by atoms with Crippen molar-refractivity contribution < 1.29 is 39.6 Å². The van der Waals surface area contributed by atoms with Gasteiger partial charge in [-0.25, -0.2) is 0 Å². The van der Waals surface area contributed by atoms with Gasteiger partial charge in [-0.05, 0) is 5.75 Å². The van der Waals surface area contributed by atoms with Gasteiger partial charge in [0, 0.05) is 6.07 Å². The normalized spacial score (nSPS) is 7.67. The molecule has 12 heavy (non-hydrogen) atoms. The first-order valence-corrected chi connectivity index (χ1v) is 2.62. The molecule has 0 saturated carbocycles. The summed E-state index contributed by atoms with van der Waals surface area (Å²) in [6.07, 6.45) is 0. The number of hydrogen-bond acceptors (Lipinski definition) is 4. The number of benzene rings is 1. The third-order valence-corrected chi connectivity index (χ3v) is 1.06. The summed E-state index contributed by atoms with van der Waals surface area (Å²) in [6.45, 7) is 0. The van der Waals surface area contributed by atoms with Crippen molar-refractivity contribution in [3.05, 3.63) is 34.4 Å². The zero-order valence-corrected chi connectivity index (χ0v) is 8.69. The van der Waals surface area contributed by atoms with Crippen LogP contribution in [0.15, 0.2) is 24.3 Å². The van der Waals surface area contributed by atoms with Gasteiger partial charge in [0.1, 0.15) is 0 Å². The van der Waals surface area contributed by atoms with Crippen molar-refractivity contribution in [3.63, 3.8) is 0 Å². The first kappa shape index (κ1) is 13.9. The number of para-hydroxylation sites is 2. The van der Waals surface area contributed by atoms with Crippen molar-refractivity contribution in [1.82, 2.24) is 6.15 Å². The minimum Gasteiger partial charge on any atom is -0.868 e. The van der Waals surface area contributed by atoms with Crippen molar-refractivity contribution in [1.29, 1.82) is 0 Å². The van der Waals surface area contributed by atoms with Gasteiger partial charge in [-0.1, -0.05) is 18.2 Å². The molecule has 0 fully saturated rings.